The van der Waals surface area contributed by atoms with Crippen LogP contribution >= 0.6 is 0 Å². The molecule has 0 unspecified atom stereocenters. The number of hydrogen-bond donors (Lipinski definition) is 1. The van der Waals surface area contributed by atoms with Crippen LogP contribution in [0.4, 0.5) is 0 Å². The Kier molecular flexibility index (Phi) is 3.87. The maximum Gasteiger partial charge on any atom is 0.323 e. The fourth-order valence-electron chi connectivity index (χ4n) is 2.59. The lowest BCUT2D eigenvalue weighted by molar-refractivity contribution is -0.138. The standard InChI is InChI=1S/C13H19N3O3/c1-9-11(7-14-15(9)2)13(19)16(8-12(17)18)10-5-3-4-6-10/h7,10H,3-6,8H2,1-2H3,(H,17,18). The summed E-state index contributed by atoms with van der Waals surface area (Å²) in [6.45, 7) is 1.58. The largest absolute Gasteiger partial charge is 0.480 e. The maximum atomic E-state index is 12.5. The van der Waals surface area contributed by atoms with E-state index in [2.05, 4.69) is 5.10 Å². The SMILES string of the molecule is Cc1c(C(=O)N(CC(=O)O)C2CCCC2)cnn1C. The van der Waals surface area contributed by atoms with Crippen LogP contribution in [0.5, 0.6) is 0 Å². The molecule has 1 N–H and O–H groups in total. The molecule has 1 aromatic heterocycles. The van der Waals surface area contributed by atoms with Crippen molar-refractivity contribution in [2.75, 3.05) is 6.54 Å². The molecule has 0 spiro atoms. The highest BCUT2D eigenvalue weighted by atomic mass is 16.4. The smallest absolute Gasteiger partial charge is 0.323 e. The summed E-state index contributed by atoms with van der Waals surface area (Å²) in [4.78, 5) is 25.0. The maximum absolute atomic E-state index is 12.5. The molecule has 0 radical (unpaired) electrons. The van der Waals surface area contributed by atoms with Gasteiger partial charge in [0.05, 0.1) is 11.8 Å². The minimum absolute atomic E-state index is 0.0446. The quantitative estimate of drug-likeness (QED) is 0.887. The highest BCUT2D eigenvalue weighted by Crippen LogP contribution is 2.25. The third-order valence-electron chi connectivity index (χ3n) is 3.80. The topological polar surface area (TPSA) is 75.4 Å². The molecule has 6 nitrogen and oxygen atoms in total. The monoisotopic (exact) mass is 265 g/mol. The van der Waals surface area contributed by atoms with E-state index in [1.165, 1.54) is 11.1 Å². The summed E-state index contributed by atoms with van der Waals surface area (Å²) in [6, 6.07) is 0.0446. The number of carboxylic acid groups (broad SMARTS) is 1. The molecule has 1 aliphatic carbocycles. The van der Waals surface area contributed by atoms with Gasteiger partial charge in [0.15, 0.2) is 0 Å². The van der Waals surface area contributed by atoms with Crippen LogP contribution in [0, 0.1) is 6.92 Å². The molecule has 6 heteroatoms. The number of hydrogen-bond acceptors (Lipinski definition) is 3. The summed E-state index contributed by atoms with van der Waals surface area (Å²) in [5.74, 6) is -1.19. The average Bonchev–Trinajstić information content (AvgIpc) is 2.97. The lowest BCUT2D eigenvalue weighted by Gasteiger charge is -2.27. The Morgan fingerprint density at radius 2 is 2.11 bits per heavy atom. The Balaban J connectivity index is 2.24. The van der Waals surface area contributed by atoms with Gasteiger partial charge < -0.3 is 10.0 Å². The Hall–Kier alpha value is -1.85. The normalized spacial score (nSPS) is 15.7. The fourth-order valence-corrected chi connectivity index (χ4v) is 2.59. The molecule has 1 heterocycles. The zero-order valence-electron chi connectivity index (χ0n) is 11.3. The highest BCUT2D eigenvalue weighted by Gasteiger charge is 2.30. The summed E-state index contributed by atoms with van der Waals surface area (Å²) in [5.41, 5.74) is 1.26. The van der Waals surface area contributed by atoms with Gasteiger partial charge in [-0.1, -0.05) is 12.8 Å². The van der Waals surface area contributed by atoms with Crippen LogP contribution in [-0.2, 0) is 11.8 Å². The van der Waals surface area contributed by atoms with Gasteiger partial charge in [0.2, 0.25) is 0 Å². The van der Waals surface area contributed by atoms with E-state index in [-0.39, 0.29) is 18.5 Å². The summed E-state index contributed by atoms with van der Waals surface area (Å²) in [7, 11) is 1.77. The van der Waals surface area contributed by atoms with Crippen molar-refractivity contribution in [1.82, 2.24) is 14.7 Å². The van der Waals surface area contributed by atoms with Crippen LogP contribution in [0.25, 0.3) is 0 Å². The molecule has 0 aliphatic heterocycles. The van der Waals surface area contributed by atoms with E-state index in [0.29, 0.717) is 5.56 Å². The molecule has 19 heavy (non-hydrogen) atoms. The van der Waals surface area contributed by atoms with Crippen molar-refractivity contribution in [3.8, 4) is 0 Å². The zero-order valence-corrected chi connectivity index (χ0v) is 11.3. The van der Waals surface area contributed by atoms with Gasteiger partial charge in [-0.15, -0.1) is 0 Å². The van der Waals surface area contributed by atoms with Crippen molar-refractivity contribution in [2.24, 2.45) is 7.05 Å². The van der Waals surface area contributed by atoms with Crippen molar-refractivity contribution < 1.29 is 14.7 Å². The molecule has 0 atom stereocenters. The first-order valence-corrected chi connectivity index (χ1v) is 6.52. The molecule has 0 aromatic carbocycles. The number of nitrogens with zero attached hydrogens (tertiary/aromatic N) is 3. The zero-order chi connectivity index (χ0) is 14.0. The van der Waals surface area contributed by atoms with E-state index >= 15 is 0 Å². The van der Waals surface area contributed by atoms with Gasteiger partial charge in [0.25, 0.3) is 5.91 Å². The Bertz CT molecular complexity index is 489. The van der Waals surface area contributed by atoms with Gasteiger partial charge in [0.1, 0.15) is 6.54 Å². The van der Waals surface area contributed by atoms with Gasteiger partial charge in [0, 0.05) is 18.8 Å². The first kappa shape index (κ1) is 13.6. The van der Waals surface area contributed by atoms with Crippen molar-refractivity contribution in [3.63, 3.8) is 0 Å². The van der Waals surface area contributed by atoms with Crippen LogP contribution < -0.4 is 0 Å². The average molecular weight is 265 g/mol. The summed E-state index contributed by atoms with van der Waals surface area (Å²) in [5, 5.41) is 13.0. The van der Waals surface area contributed by atoms with E-state index in [0.717, 1.165) is 31.4 Å². The molecule has 104 valence electrons. The van der Waals surface area contributed by atoms with Gasteiger partial charge in [-0.3, -0.25) is 14.3 Å². The molecule has 1 aromatic rings. The van der Waals surface area contributed by atoms with Crippen LogP contribution in [0.3, 0.4) is 0 Å². The minimum atomic E-state index is -0.971. The molecular weight excluding hydrogens is 246 g/mol. The third-order valence-corrected chi connectivity index (χ3v) is 3.80. The fraction of sp³-hybridized carbons (Fsp3) is 0.615. The van der Waals surface area contributed by atoms with Crippen molar-refractivity contribution in [3.05, 3.63) is 17.5 Å². The van der Waals surface area contributed by atoms with Crippen molar-refractivity contribution >= 4 is 11.9 Å². The first-order chi connectivity index (χ1) is 9.00. The number of aryl methyl sites for hydroxylation is 1. The van der Waals surface area contributed by atoms with E-state index in [1.807, 2.05) is 6.92 Å². The molecule has 2 rings (SSSR count). The molecule has 1 fully saturated rings. The summed E-state index contributed by atoms with van der Waals surface area (Å²) in [6.07, 6.45) is 5.40. The van der Waals surface area contributed by atoms with Crippen molar-refractivity contribution in [2.45, 2.75) is 38.6 Å². The molecular formula is C13H19N3O3. The number of carboxylic acids is 1. The van der Waals surface area contributed by atoms with Crippen LogP contribution in [-0.4, -0.2) is 44.3 Å². The Labute approximate surface area is 112 Å². The number of aliphatic carboxylic acids is 1. The van der Waals surface area contributed by atoms with Gasteiger partial charge in [-0.2, -0.15) is 5.10 Å². The second kappa shape index (κ2) is 5.42. The summed E-state index contributed by atoms with van der Waals surface area (Å²) < 4.78 is 1.63. The third kappa shape index (κ3) is 2.77. The van der Waals surface area contributed by atoms with Gasteiger partial charge in [-0.05, 0) is 19.8 Å². The number of aromatic nitrogens is 2. The summed E-state index contributed by atoms with van der Waals surface area (Å²) >= 11 is 0. The van der Waals surface area contributed by atoms with E-state index < -0.39 is 5.97 Å². The van der Waals surface area contributed by atoms with Crippen LogP contribution in [0.1, 0.15) is 41.7 Å². The number of amides is 1. The van der Waals surface area contributed by atoms with E-state index in [4.69, 9.17) is 5.11 Å². The Morgan fingerprint density at radius 1 is 1.47 bits per heavy atom. The lowest BCUT2D eigenvalue weighted by atomic mass is 10.1. The highest BCUT2D eigenvalue weighted by molar-refractivity contribution is 5.96. The number of rotatable bonds is 4. The molecule has 0 bridgehead atoms. The lowest BCUT2D eigenvalue weighted by Crippen LogP contribution is -2.42. The molecule has 1 amide bonds. The van der Waals surface area contributed by atoms with E-state index in [9.17, 15) is 9.59 Å². The predicted octanol–water partition coefficient (Wildman–Crippen LogP) is 1.20. The van der Waals surface area contributed by atoms with Gasteiger partial charge >= 0.3 is 5.97 Å². The van der Waals surface area contributed by atoms with Gasteiger partial charge in [-0.25, -0.2) is 0 Å². The van der Waals surface area contributed by atoms with Crippen molar-refractivity contribution in [1.29, 1.82) is 0 Å². The molecule has 1 aliphatic rings. The second-order valence-corrected chi connectivity index (χ2v) is 5.03. The molecule has 0 saturated heterocycles. The predicted molar refractivity (Wildman–Crippen MR) is 68.9 cm³/mol. The Morgan fingerprint density at radius 3 is 2.58 bits per heavy atom. The number of carbonyl (C=O) groups is 2. The first-order valence-electron chi connectivity index (χ1n) is 6.52. The minimum Gasteiger partial charge on any atom is -0.480 e. The second-order valence-electron chi connectivity index (χ2n) is 5.03. The van der Waals surface area contributed by atoms with Crippen LogP contribution in [0.15, 0.2) is 6.20 Å². The van der Waals surface area contributed by atoms with Crippen LogP contribution in [0.2, 0.25) is 0 Å². The molecule has 1 saturated carbocycles. The van der Waals surface area contributed by atoms with E-state index in [1.54, 1.807) is 11.7 Å². The number of carbonyl (C=O) groups excluding carboxylic acids is 1.